The molecule has 3 heteroatoms. The van der Waals surface area contributed by atoms with Crippen molar-refractivity contribution in [3.05, 3.63) is 23.8 Å². The van der Waals surface area contributed by atoms with Crippen LogP contribution in [-0.2, 0) is 10.2 Å². The molecule has 1 aliphatic carbocycles. The van der Waals surface area contributed by atoms with Crippen molar-refractivity contribution < 1.29 is 14.3 Å². The highest BCUT2D eigenvalue weighted by Crippen LogP contribution is 2.44. The van der Waals surface area contributed by atoms with Gasteiger partial charge in [0.25, 0.3) is 0 Å². The van der Waals surface area contributed by atoms with Gasteiger partial charge in [-0.05, 0) is 24.6 Å². The minimum atomic E-state index is -0.114. The van der Waals surface area contributed by atoms with E-state index < -0.39 is 0 Å². The predicted octanol–water partition coefficient (Wildman–Crippen LogP) is 2.71. The summed E-state index contributed by atoms with van der Waals surface area (Å²) in [6.07, 6.45) is 2.14. The third-order valence-electron chi connectivity index (χ3n) is 3.60. The molecule has 1 atom stereocenters. The monoisotopic (exact) mass is 234 g/mol. The van der Waals surface area contributed by atoms with Gasteiger partial charge in [0.2, 0.25) is 0 Å². The van der Waals surface area contributed by atoms with E-state index in [1.54, 1.807) is 14.2 Å². The molecule has 0 radical (unpaired) electrons. The van der Waals surface area contributed by atoms with Gasteiger partial charge in [-0.3, -0.25) is 4.79 Å². The van der Waals surface area contributed by atoms with Crippen molar-refractivity contribution in [1.29, 1.82) is 0 Å². The lowest BCUT2D eigenvalue weighted by atomic mass is 9.80. The van der Waals surface area contributed by atoms with Gasteiger partial charge in [-0.1, -0.05) is 6.92 Å². The predicted molar refractivity (Wildman–Crippen MR) is 65.8 cm³/mol. The summed E-state index contributed by atoms with van der Waals surface area (Å²) < 4.78 is 10.6. The summed E-state index contributed by atoms with van der Waals surface area (Å²) in [5.41, 5.74) is 0.960. The Hall–Kier alpha value is -1.51. The second-order valence-electron chi connectivity index (χ2n) is 4.84. The molecule has 1 unspecified atom stereocenters. The summed E-state index contributed by atoms with van der Waals surface area (Å²) in [7, 11) is 3.30. The number of hydrogen-bond acceptors (Lipinski definition) is 3. The van der Waals surface area contributed by atoms with Crippen LogP contribution in [0.4, 0.5) is 0 Å². The third kappa shape index (κ3) is 2.14. The van der Waals surface area contributed by atoms with Crippen LogP contribution in [0.1, 0.15) is 31.7 Å². The number of benzene rings is 1. The van der Waals surface area contributed by atoms with E-state index in [4.69, 9.17) is 9.47 Å². The van der Waals surface area contributed by atoms with Crippen molar-refractivity contribution in [2.24, 2.45) is 0 Å². The summed E-state index contributed by atoms with van der Waals surface area (Å²) in [6.45, 7) is 2.12. The Kier molecular flexibility index (Phi) is 3.09. The lowest BCUT2D eigenvalue weighted by Crippen LogP contribution is -2.19. The SMILES string of the molecule is COc1ccc(OC)c(C2(C)CCC(=O)C2)c1. The first-order chi connectivity index (χ1) is 8.09. The summed E-state index contributed by atoms with van der Waals surface area (Å²) in [5.74, 6) is 1.97. The molecule has 0 N–H and O–H groups in total. The van der Waals surface area contributed by atoms with Crippen molar-refractivity contribution in [1.82, 2.24) is 0 Å². The van der Waals surface area contributed by atoms with Crippen molar-refractivity contribution in [2.75, 3.05) is 14.2 Å². The van der Waals surface area contributed by atoms with E-state index in [-0.39, 0.29) is 5.41 Å². The molecule has 92 valence electrons. The smallest absolute Gasteiger partial charge is 0.133 e. The zero-order valence-electron chi connectivity index (χ0n) is 10.6. The van der Waals surface area contributed by atoms with Gasteiger partial charge in [0, 0.05) is 23.8 Å². The van der Waals surface area contributed by atoms with Crippen molar-refractivity contribution in [2.45, 2.75) is 31.6 Å². The van der Waals surface area contributed by atoms with Crippen molar-refractivity contribution >= 4 is 5.78 Å². The number of rotatable bonds is 3. The molecule has 0 amide bonds. The maximum absolute atomic E-state index is 11.5. The average Bonchev–Trinajstić information content (AvgIpc) is 2.69. The first-order valence-electron chi connectivity index (χ1n) is 5.83. The largest absolute Gasteiger partial charge is 0.497 e. The molecule has 0 bridgehead atoms. The molecule has 1 aromatic carbocycles. The minimum absolute atomic E-state index is 0.114. The first-order valence-corrected chi connectivity index (χ1v) is 5.83. The maximum atomic E-state index is 11.5. The van der Waals surface area contributed by atoms with Crippen LogP contribution in [0, 0.1) is 0 Å². The van der Waals surface area contributed by atoms with Gasteiger partial charge in [0.05, 0.1) is 14.2 Å². The topological polar surface area (TPSA) is 35.5 Å². The van der Waals surface area contributed by atoms with E-state index in [1.807, 2.05) is 18.2 Å². The number of Topliss-reactive ketones (excluding diaryl/α,β-unsaturated/α-hetero) is 1. The molecule has 1 aliphatic rings. The highest BCUT2D eigenvalue weighted by atomic mass is 16.5. The van der Waals surface area contributed by atoms with Gasteiger partial charge in [-0.25, -0.2) is 0 Å². The normalized spacial score (nSPS) is 23.8. The van der Waals surface area contributed by atoms with E-state index in [0.717, 1.165) is 23.5 Å². The molecular formula is C14H18O3. The van der Waals surface area contributed by atoms with Gasteiger partial charge in [-0.15, -0.1) is 0 Å². The third-order valence-corrected chi connectivity index (χ3v) is 3.60. The van der Waals surface area contributed by atoms with E-state index in [9.17, 15) is 4.79 Å². The Morgan fingerprint density at radius 3 is 2.53 bits per heavy atom. The second-order valence-corrected chi connectivity index (χ2v) is 4.84. The summed E-state index contributed by atoms with van der Waals surface area (Å²) in [5, 5.41) is 0. The van der Waals surface area contributed by atoms with Crippen LogP contribution in [0.5, 0.6) is 11.5 Å². The second kappa shape index (κ2) is 4.40. The van der Waals surface area contributed by atoms with Gasteiger partial charge < -0.3 is 9.47 Å². The zero-order chi connectivity index (χ0) is 12.5. The molecule has 2 rings (SSSR count). The number of hydrogen-bond donors (Lipinski definition) is 0. The van der Waals surface area contributed by atoms with Gasteiger partial charge in [0.15, 0.2) is 0 Å². The van der Waals surface area contributed by atoms with Crippen molar-refractivity contribution in [3.8, 4) is 11.5 Å². The molecule has 0 aliphatic heterocycles. The molecule has 0 spiro atoms. The van der Waals surface area contributed by atoms with Gasteiger partial charge >= 0.3 is 0 Å². The number of methoxy groups -OCH3 is 2. The van der Waals surface area contributed by atoms with Crippen LogP contribution in [-0.4, -0.2) is 20.0 Å². The van der Waals surface area contributed by atoms with Crippen LogP contribution >= 0.6 is 0 Å². The average molecular weight is 234 g/mol. The van der Waals surface area contributed by atoms with E-state index in [2.05, 4.69) is 6.92 Å². The first kappa shape index (κ1) is 12.0. The molecule has 1 aromatic rings. The Balaban J connectivity index is 2.45. The molecule has 1 saturated carbocycles. The van der Waals surface area contributed by atoms with Crippen LogP contribution in [0.2, 0.25) is 0 Å². The quantitative estimate of drug-likeness (QED) is 0.806. The van der Waals surface area contributed by atoms with Crippen LogP contribution in [0.25, 0.3) is 0 Å². The van der Waals surface area contributed by atoms with Crippen molar-refractivity contribution in [3.63, 3.8) is 0 Å². The lowest BCUT2D eigenvalue weighted by molar-refractivity contribution is -0.117. The fraction of sp³-hybridized carbons (Fsp3) is 0.500. The molecule has 17 heavy (non-hydrogen) atoms. The fourth-order valence-electron chi connectivity index (χ4n) is 2.54. The fourth-order valence-corrected chi connectivity index (χ4v) is 2.54. The summed E-state index contributed by atoms with van der Waals surface area (Å²) in [6, 6.07) is 5.77. The van der Waals surface area contributed by atoms with Crippen LogP contribution in [0.15, 0.2) is 18.2 Å². The molecule has 1 fully saturated rings. The molecule has 3 nitrogen and oxygen atoms in total. The molecule has 0 saturated heterocycles. The molecule has 0 heterocycles. The summed E-state index contributed by atoms with van der Waals surface area (Å²) in [4.78, 5) is 11.5. The van der Waals surface area contributed by atoms with Crippen LogP contribution in [0.3, 0.4) is 0 Å². The summed E-state index contributed by atoms with van der Waals surface area (Å²) >= 11 is 0. The van der Waals surface area contributed by atoms with E-state index in [1.165, 1.54) is 0 Å². The Bertz CT molecular complexity index is 439. The van der Waals surface area contributed by atoms with Gasteiger partial charge in [0.1, 0.15) is 17.3 Å². The Morgan fingerprint density at radius 2 is 2.00 bits per heavy atom. The van der Waals surface area contributed by atoms with E-state index in [0.29, 0.717) is 18.6 Å². The number of ketones is 1. The number of ether oxygens (including phenoxy) is 2. The molecular weight excluding hydrogens is 216 g/mol. The highest BCUT2D eigenvalue weighted by Gasteiger charge is 2.37. The minimum Gasteiger partial charge on any atom is -0.497 e. The molecule has 0 aromatic heterocycles. The standard InChI is InChI=1S/C14H18O3/c1-14(7-6-10(15)9-14)12-8-11(16-2)4-5-13(12)17-3/h4-5,8H,6-7,9H2,1-3H3. The highest BCUT2D eigenvalue weighted by molar-refractivity contribution is 5.83. The lowest BCUT2D eigenvalue weighted by Gasteiger charge is -2.25. The van der Waals surface area contributed by atoms with Gasteiger partial charge in [-0.2, -0.15) is 0 Å². The van der Waals surface area contributed by atoms with E-state index >= 15 is 0 Å². The maximum Gasteiger partial charge on any atom is 0.133 e. The zero-order valence-corrected chi connectivity index (χ0v) is 10.6. The number of carbonyl (C=O) groups excluding carboxylic acids is 1. The Labute approximate surface area is 102 Å². The van der Waals surface area contributed by atoms with Crippen LogP contribution < -0.4 is 9.47 Å². The Morgan fingerprint density at radius 1 is 1.24 bits per heavy atom. The number of carbonyl (C=O) groups is 1.